The molecule has 0 atom stereocenters. The van der Waals surface area contributed by atoms with Crippen LogP contribution in [0.25, 0.3) is 20.5 Å². The lowest BCUT2D eigenvalue weighted by molar-refractivity contribution is 0.237. The monoisotopic (exact) mass is 543 g/mol. The van der Waals surface area contributed by atoms with E-state index < -0.39 is 0 Å². The number of benzene rings is 3. The number of likely N-dealkylation sites (tertiary alicyclic amines) is 2. The van der Waals surface area contributed by atoms with Crippen LogP contribution < -0.4 is 14.8 Å². The van der Waals surface area contributed by atoms with E-state index in [1.165, 1.54) is 51.9 Å². The van der Waals surface area contributed by atoms with Crippen LogP contribution in [0.3, 0.4) is 0 Å². The summed E-state index contributed by atoms with van der Waals surface area (Å²) in [6.45, 7) is 8.16. The molecule has 4 aromatic rings. The Bertz CT molecular complexity index is 1360. The number of thiophene rings is 1. The van der Waals surface area contributed by atoms with Gasteiger partial charge in [0, 0.05) is 28.9 Å². The Morgan fingerprint density at radius 2 is 1.28 bits per heavy atom. The van der Waals surface area contributed by atoms with Crippen molar-refractivity contribution < 1.29 is 14.6 Å². The van der Waals surface area contributed by atoms with Crippen molar-refractivity contribution in [1.29, 1.82) is 0 Å². The van der Waals surface area contributed by atoms with E-state index in [2.05, 4.69) is 51.5 Å². The van der Waals surface area contributed by atoms with Gasteiger partial charge in [-0.25, -0.2) is 0 Å². The van der Waals surface area contributed by atoms with Gasteiger partial charge in [0.05, 0.1) is 10.6 Å². The number of aromatic hydroxyl groups is 1. The molecule has 0 bridgehead atoms. The molecule has 6 nitrogen and oxygen atoms in total. The minimum absolute atomic E-state index is 0.277. The molecule has 7 heteroatoms. The van der Waals surface area contributed by atoms with Gasteiger partial charge in [-0.3, -0.25) is 9.80 Å². The second kappa shape index (κ2) is 12.3. The maximum Gasteiger partial charge on any atom is 0.119 e. The number of nitrogens with one attached hydrogen (secondary N) is 1. The van der Waals surface area contributed by atoms with Crippen molar-refractivity contribution in [2.45, 2.75) is 25.7 Å². The molecule has 0 spiro atoms. The Hall–Kier alpha value is -3.26. The average Bonchev–Trinajstić information content (AvgIpc) is 3.73. The van der Waals surface area contributed by atoms with Crippen molar-refractivity contribution in [2.24, 2.45) is 0 Å². The van der Waals surface area contributed by atoms with Crippen LogP contribution in [-0.4, -0.2) is 67.4 Å². The number of fused-ring (bicyclic) bond motifs is 1. The molecule has 0 radical (unpaired) electrons. The minimum Gasteiger partial charge on any atom is -0.508 e. The molecule has 0 amide bonds. The summed E-state index contributed by atoms with van der Waals surface area (Å²) >= 11 is 1.68. The number of phenolic OH excluding ortho intramolecular Hbond substituents is 1. The van der Waals surface area contributed by atoms with Gasteiger partial charge in [0.1, 0.15) is 30.5 Å². The molecule has 6 rings (SSSR count). The second-order valence-electron chi connectivity index (χ2n) is 10.5. The highest BCUT2D eigenvalue weighted by atomic mass is 32.1. The average molecular weight is 544 g/mol. The van der Waals surface area contributed by atoms with E-state index >= 15 is 0 Å². The Balaban J connectivity index is 1.15. The summed E-state index contributed by atoms with van der Waals surface area (Å²) in [6, 6.07) is 22.1. The second-order valence-corrected chi connectivity index (χ2v) is 11.5. The van der Waals surface area contributed by atoms with E-state index in [-0.39, 0.29) is 5.75 Å². The SMILES string of the molecule is Oc1ccc2c(Nc3ccc(OCCN4CCCC4)cc3)c(-c3ccc(OCCN4CCCC4)cc3)sc2c1. The summed E-state index contributed by atoms with van der Waals surface area (Å²) in [5, 5.41) is 14.8. The molecular formula is C32H37N3O3S. The summed E-state index contributed by atoms with van der Waals surface area (Å²) in [5.74, 6) is 2.06. The van der Waals surface area contributed by atoms with Crippen molar-refractivity contribution in [1.82, 2.24) is 9.80 Å². The van der Waals surface area contributed by atoms with Crippen LogP contribution in [0.5, 0.6) is 17.2 Å². The predicted molar refractivity (Wildman–Crippen MR) is 161 cm³/mol. The highest BCUT2D eigenvalue weighted by molar-refractivity contribution is 7.23. The predicted octanol–water partition coefficient (Wildman–Crippen LogP) is 6.97. The number of anilines is 2. The molecule has 1 aromatic heterocycles. The third kappa shape index (κ3) is 6.49. The molecule has 0 unspecified atom stereocenters. The topological polar surface area (TPSA) is 57.2 Å². The van der Waals surface area contributed by atoms with E-state index in [1.54, 1.807) is 17.4 Å². The Morgan fingerprint density at radius 1 is 0.718 bits per heavy atom. The molecule has 0 aliphatic carbocycles. The minimum atomic E-state index is 0.277. The van der Waals surface area contributed by atoms with E-state index in [9.17, 15) is 5.11 Å². The number of hydrogen-bond donors (Lipinski definition) is 2. The number of rotatable bonds is 11. The summed E-state index contributed by atoms with van der Waals surface area (Å²) in [7, 11) is 0. The van der Waals surface area contributed by atoms with Crippen molar-refractivity contribution in [2.75, 3.05) is 57.8 Å². The molecule has 0 saturated carbocycles. The van der Waals surface area contributed by atoms with Gasteiger partial charge >= 0.3 is 0 Å². The van der Waals surface area contributed by atoms with Gasteiger partial charge in [0.25, 0.3) is 0 Å². The van der Waals surface area contributed by atoms with E-state index in [0.29, 0.717) is 13.2 Å². The molecule has 204 valence electrons. The lowest BCUT2D eigenvalue weighted by atomic mass is 10.1. The van der Waals surface area contributed by atoms with Gasteiger partial charge < -0.3 is 19.9 Å². The standard InChI is InChI=1S/C32H37N3O3S/c36-26-9-14-29-30(23-26)39-32(24-5-10-27(11-6-24)37-21-19-34-15-1-2-16-34)31(29)33-25-7-12-28(13-8-25)38-22-20-35-17-3-4-18-35/h5-14,23,33,36H,1-4,15-22H2. The fourth-order valence-electron chi connectivity index (χ4n) is 5.49. The first kappa shape index (κ1) is 26.0. The normalized spacial score (nSPS) is 16.2. The van der Waals surface area contributed by atoms with Crippen LogP contribution in [0.2, 0.25) is 0 Å². The van der Waals surface area contributed by atoms with Crippen molar-refractivity contribution in [3.63, 3.8) is 0 Å². The summed E-state index contributed by atoms with van der Waals surface area (Å²) in [4.78, 5) is 6.06. The van der Waals surface area contributed by atoms with E-state index in [1.807, 2.05) is 24.3 Å². The Kier molecular flexibility index (Phi) is 8.19. The third-order valence-electron chi connectivity index (χ3n) is 7.66. The summed E-state index contributed by atoms with van der Waals surface area (Å²) < 4.78 is 13.1. The molecule has 3 aromatic carbocycles. The number of phenols is 1. The molecule has 2 saturated heterocycles. The lowest BCUT2D eigenvalue weighted by Gasteiger charge is -2.15. The van der Waals surface area contributed by atoms with Crippen LogP contribution in [0.15, 0.2) is 66.7 Å². The van der Waals surface area contributed by atoms with Gasteiger partial charge in [-0.1, -0.05) is 0 Å². The van der Waals surface area contributed by atoms with Crippen LogP contribution >= 0.6 is 11.3 Å². The maximum atomic E-state index is 10.1. The lowest BCUT2D eigenvalue weighted by Crippen LogP contribution is -2.25. The van der Waals surface area contributed by atoms with Crippen LogP contribution in [0.1, 0.15) is 25.7 Å². The van der Waals surface area contributed by atoms with Gasteiger partial charge in [-0.2, -0.15) is 0 Å². The molecule has 3 heterocycles. The fourth-order valence-corrected chi connectivity index (χ4v) is 6.69. The summed E-state index contributed by atoms with van der Waals surface area (Å²) in [5.41, 5.74) is 3.16. The number of hydrogen-bond acceptors (Lipinski definition) is 7. The van der Waals surface area contributed by atoms with Crippen LogP contribution in [0.4, 0.5) is 11.4 Å². The zero-order chi connectivity index (χ0) is 26.4. The van der Waals surface area contributed by atoms with E-state index in [0.717, 1.165) is 56.5 Å². The maximum absolute atomic E-state index is 10.1. The van der Waals surface area contributed by atoms with E-state index in [4.69, 9.17) is 9.47 Å². The van der Waals surface area contributed by atoms with Crippen LogP contribution in [0, 0.1) is 0 Å². The molecule has 39 heavy (non-hydrogen) atoms. The van der Waals surface area contributed by atoms with Crippen LogP contribution in [-0.2, 0) is 0 Å². The molecule has 2 aliphatic rings. The first-order valence-electron chi connectivity index (χ1n) is 14.1. The van der Waals surface area contributed by atoms with Crippen molar-refractivity contribution in [3.05, 3.63) is 66.7 Å². The first-order chi connectivity index (χ1) is 19.2. The zero-order valence-corrected chi connectivity index (χ0v) is 23.2. The summed E-state index contributed by atoms with van der Waals surface area (Å²) in [6.07, 6.45) is 5.20. The highest BCUT2D eigenvalue weighted by Gasteiger charge is 2.16. The van der Waals surface area contributed by atoms with Gasteiger partial charge in [-0.05, 0) is 124 Å². The Morgan fingerprint density at radius 3 is 1.87 bits per heavy atom. The zero-order valence-electron chi connectivity index (χ0n) is 22.4. The molecule has 2 N–H and O–H groups in total. The number of nitrogens with zero attached hydrogens (tertiary/aromatic N) is 2. The smallest absolute Gasteiger partial charge is 0.119 e. The number of ether oxygens (including phenoxy) is 2. The van der Waals surface area contributed by atoms with Crippen molar-refractivity contribution in [3.8, 4) is 27.7 Å². The van der Waals surface area contributed by atoms with Crippen molar-refractivity contribution >= 4 is 32.8 Å². The quantitative estimate of drug-likeness (QED) is 0.213. The fraction of sp³-hybridized carbons (Fsp3) is 0.375. The molecular weight excluding hydrogens is 506 g/mol. The molecule has 2 fully saturated rings. The highest BCUT2D eigenvalue weighted by Crippen LogP contribution is 2.45. The first-order valence-corrected chi connectivity index (χ1v) is 15.0. The van der Waals surface area contributed by atoms with Gasteiger partial charge in [-0.15, -0.1) is 11.3 Å². The van der Waals surface area contributed by atoms with Gasteiger partial charge in [0.15, 0.2) is 0 Å². The largest absolute Gasteiger partial charge is 0.508 e. The van der Waals surface area contributed by atoms with Gasteiger partial charge in [0.2, 0.25) is 0 Å². The Labute approximate surface area is 234 Å². The third-order valence-corrected chi connectivity index (χ3v) is 8.87. The molecule has 2 aliphatic heterocycles.